The Hall–Kier alpha value is -2.43. The van der Waals surface area contributed by atoms with Gasteiger partial charge in [0.1, 0.15) is 5.82 Å². The van der Waals surface area contributed by atoms with Crippen molar-refractivity contribution in [3.8, 4) is 0 Å². The lowest BCUT2D eigenvalue weighted by atomic mass is 9.96. The molecule has 1 fully saturated rings. The summed E-state index contributed by atoms with van der Waals surface area (Å²) < 4.78 is 13.2. The van der Waals surface area contributed by atoms with Crippen molar-refractivity contribution >= 4 is 11.6 Å². The average Bonchev–Trinajstić information content (AvgIpc) is 2.61. The summed E-state index contributed by atoms with van der Waals surface area (Å²) in [5.74, 6) is -0.281. The highest BCUT2D eigenvalue weighted by Crippen LogP contribution is 2.22. The van der Waals surface area contributed by atoms with Gasteiger partial charge in [0.25, 0.3) is 0 Å². The molecule has 1 unspecified atom stereocenters. The third-order valence-corrected chi connectivity index (χ3v) is 4.18. The van der Waals surface area contributed by atoms with Crippen LogP contribution in [0.5, 0.6) is 0 Å². The van der Waals surface area contributed by atoms with Crippen LogP contribution in [-0.2, 0) is 11.3 Å². The van der Waals surface area contributed by atoms with Gasteiger partial charge in [-0.15, -0.1) is 0 Å². The first-order chi connectivity index (χ1) is 11.2. The van der Waals surface area contributed by atoms with Crippen LogP contribution >= 0.6 is 0 Å². The van der Waals surface area contributed by atoms with Crippen molar-refractivity contribution in [1.29, 1.82) is 0 Å². The van der Waals surface area contributed by atoms with Gasteiger partial charge in [-0.3, -0.25) is 9.78 Å². The van der Waals surface area contributed by atoms with Crippen LogP contribution in [0.1, 0.15) is 18.4 Å². The van der Waals surface area contributed by atoms with Gasteiger partial charge < -0.3 is 10.2 Å². The van der Waals surface area contributed by atoms with Crippen molar-refractivity contribution in [1.82, 2.24) is 10.3 Å². The van der Waals surface area contributed by atoms with E-state index in [-0.39, 0.29) is 17.6 Å². The summed E-state index contributed by atoms with van der Waals surface area (Å²) in [6, 6.07) is 10.2. The van der Waals surface area contributed by atoms with Gasteiger partial charge in [0.2, 0.25) is 5.91 Å². The predicted molar refractivity (Wildman–Crippen MR) is 87.4 cm³/mol. The van der Waals surface area contributed by atoms with E-state index in [1.165, 1.54) is 12.1 Å². The summed E-state index contributed by atoms with van der Waals surface area (Å²) >= 11 is 0. The van der Waals surface area contributed by atoms with E-state index in [1.54, 1.807) is 18.5 Å². The molecule has 120 valence electrons. The molecule has 5 heteroatoms. The van der Waals surface area contributed by atoms with Crippen LogP contribution in [0, 0.1) is 11.7 Å². The molecule has 1 aromatic carbocycles. The van der Waals surface area contributed by atoms with Crippen molar-refractivity contribution in [2.75, 3.05) is 18.0 Å². The molecule has 1 aromatic heterocycles. The molecule has 1 N–H and O–H groups in total. The molecule has 3 rings (SSSR count). The summed E-state index contributed by atoms with van der Waals surface area (Å²) in [6.45, 7) is 2.03. The number of hydrogen-bond acceptors (Lipinski definition) is 3. The fourth-order valence-electron chi connectivity index (χ4n) is 2.96. The second-order valence-corrected chi connectivity index (χ2v) is 5.84. The Labute approximate surface area is 135 Å². The number of amides is 1. The van der Waals surface area contributed by atoms with Gasteiger partial charge in [0, 0.05) is 37.7 Å². The SMILES string of the molecule is O=C(NCc1cccc(F)c1)C1CCCN(c2ccncc2)C1. The number of halogens is 1. The third-order valence-electron chi connectivity index (χ3n) is 4.18. The number of carbonyl (C=O) groups is 1. The summed E-state index contributed by atoms with van der Waals surface area (Å²) in [6.07, 6.45) is 5.41. The molecule has 2 aromatic rings. The van der Waals surface area contributed by atoms with E-state index in [0.717, 1.165) is 30.6 Å². The number of nitrogens with one attached hydrogen (secondary N) is 1. The Balaban J connectivity index is 1.57. The number of aromatic nitrogens is 1. The molecule has 0 spiro atoms. The Bertz CT molecular complexity index is 662. The van der Waals surface area contributed by atoms with Gasteiger partial charge in [-0.05, 0) is 42.7 Å². The van der Waals surface area contributed by atoms with Gasteiger partial charge in [-0.25, -0.2) is 4.39 Å². The molecule has 1 aliphatic heterocycles. The zero-order valence-corrected chi connectivity index (χ0v) is 12.9. The maximum atomic E-state index is 13.2. The molecule has 1 amide bonds. The predicted octanol–water partition coefficient (Wildman–Crippen LogP) is 2.75. The number of piperidine rings is 1. The van der Waals surface area contributed by atoms with Crippen molar-refractivity contribution < 1.29 is 9.18 Å². The standard InChI is InChI=1S/C18H20FN3O/c19-16-5-1-3-14(11-16)12-21-18(23)15-4-2-10-22(13-15)17-6-8-20-9-7-17/h1,3,5-9,11,15H,2,4,10,12-13H2,(H,21,23). The normalized spacial score (nSPS) is 17.8. The quantitative estimate of drug-likeness (QED) is 0.944. The summed E-state index contributed by atoms with van der Waals surface area (Å²) in [4.78, 5) is 18.6. The van der Waals surface area contributed by atoms with Crippen LogP contribution in [0.4, 0.5) is 10.1 Å². The minimum Gasteiger partial charge on any atom is -0.371 e. The van der Waals surface area contributed by atoms with E-state index in [9.17, 15) is 9.18 Å². The average molecular weight is 313 g/mol. The first-order valence-electron chi connectivity index (χ1n) is 7.89. The molecular weight excluding hydrogens is 293 g/mol. The topological polar surface area (TPSA) is 45.2 Å². The van der Waals surface area contributed by atoms with Gasteiger partial charge in [0.15, 0.2) is 0 Å². The van der Waals surface area contributed by atoms with Crippen LogP contribution in [0.2, 0.25) is 0 Å². The number of benzene rings is 1. The van der Waals surface area contributed by atoms with Crippen LogP contribution in [0.15, 0.2) is 48.8 Å². The highest BCUT2D eigenvalue weighted by atomic mass is 19.1. The molecule has 0 aliphatic carbocycles. The zero-order chi connectivity index (χ0) is 16.1. The van der Waals surface area contributed by atoms with Gasteiger partial charge in [-0.2, -0.15) is 0 Å². The van der Waals surface area contributed by atoms with Gasteiger partial charge >= 0.3 is 0 Å². The second-order valence-electron chi connectivity index (χ2n) is 5.84. The first-order valence-corrected chi connectivity index (χ1v) is 7.89. The highest BCUT2D eigenvalue weighted by Gasteiger charge is 2.25. The number of anilines is 1. The summed E-state index contributed by atoms with van der Waals surface area (Å²) in [7, 11) is 0. The largest absolute Gasteiger partial charge is 0.371 e. The zero-order valence-electron chi connectivity index (χ0n) is 12.9. The molecule has 1 saturated heterocycles. The second kappa shape index (κ2) is 7.22. The van der Waals surface area contributed by atoms with Crippen molar-refractivity contribution in [2.24, 2.45) is 5.92 Å². The Morgan fingerprint density at radius 2 is 2.13 bits per heavy atom. The highest BCUT2D eigenvalue weighted by molar-refractivity contribution is 5.79. The number of pyridine rings is 1. The molecule has 0 saturated carbocycles. The Morgan fingerprint density at radius 1 is 1.30 bits per heavy atom. The number of carbonyl (C=O) groups excluding carboxylic acids is 1. The maximum Gasteiger partial charge on any atom is 0.225 e. The van der Waals surface area contributed by atoms with E-state index >= 15 is 0 Å². The van der Waals surface area contributed by atoms with E-state index in [0.29, 0.717) is 13.1 Å². The van der Waals surface area contributed by atoms with Gasteiger partial charge in [0.05, 0.1) is 5.92 Å². The smallest absolute Gasteiger partial charge is 0.225 e. The van der Waals surface area contributed by atoms with E-state index in [4.69, 9.17) is 0 Å². The third kappa shape index (κ3) is 4.06. The summed E-state index contributed by atoms with van der Waals surface area (Å²) in [5, 5.41) is 2.92. The number of rotatable bonds is 4. The molecule has 0 bridgehead atoms. The molecule has 23 heavy (non-hydrogen) atoms. The van der Waals surface area contributed by atoms with Gasteiger partial charge in [-0.1, -0.05) is 12.1 Å². The minimum atomic E-state index is -0.279. The Morgan fingerprint density at radius 3 is 2.91 bits per heavy atom. The van der Waals surface area contributed by atoms with Crippen LogP contribution in [0.25, 0.3) is 0 Å². The fraction of sp³-hybridized carbons (Fsp3) is 0.333. The lowest BCUT2D eigenvalue weighted by Gasteiger charge is -2.33. The van der Waals surface area contributed by atoms with Crippen molar-refractivity contribution in [2.45, 2.75) is 19.4 Å². The lowest BCUT2D eigenvalue weighted by molar-refractivity contribution is -0.125. The van der Waals surface area contributed by atoms with E-state index < -0.39 is 0 Å². The van der Waals surface area contributed by atoms with Crippen molar-refractivity contribution in [3.05, 3.63) is 60.2 Å². The summed E-state index contributed by atoms with van der Waals surface area (Å²) in [5.41, 5.74) is 1.88. The molecule has 4 nitrogen and oxygen atoms in total. The van der Waals surface area contributed by atoms with E-state index in [1.807, 2.05) is 18.2 Å². The maximum absolute atomic E-state index is 13.2. The van der Waals surface area contributed by atoms with E-state index in [2.05, 4.69) is 15.2 Å². The first kappa shape index (κ1) is 15.5. The van der Waals surface area contributed by atoms with Crippen LogP contribution in [-0.4, -0.2) is 24.0 Å². The van der Waals surface area contributed by atoms with Crippen molar-refractivity contribution in [3.63, 3.8) is 0 Å². The molecule has 0 radical (unpaired) electrons. The van der Waals surface area contributed by atoms with Crippen LogP contribution < -0.4 is 10.2 Å². The molecule has 1 atom stereocenters. The molecular formula is C18H20FN3O. The molecule has 2 heterocycles. The number of hydrogen-bond donors (Lipinski definition) is 1. The lowest BCUT2D eigenvalue weighted by Crippen LogP contribution is -2.43. The number of nitrogens with zero attached hydrogens (tertiary/aromatic N) is 2. The minimum absolute atomic E-state index is 0.0352. The molecule has 1 aliphatic rings. The van der Waals surface area contributed by atoms with Crippen LogP contribution in [0.3, 0.4) is 0 Å². The monoisotopic (exact) mass is 313 g/mol. The fourth-order valence-corrected chi connectivity index (χ4v) is 2.96. The Kier molecular flexibility index (Phi) is 4.86.